The van der Waals surface area contributed by atoms with E-state index in [4.69, 9.17) is 5.73 Å². The molecule has 0 spiro atoms. The molecule has 0 aliphatic carbocycles. The zero-order valence-corrected chi connectivity index (χ0v) is 10.6. The van der Waals surface area contributed by atoms with E-state index < -0.39 is 10.0 Å². The number of aromatic amines is 1. The van der Waals surface area contributed by atoms with Gasteiger partial charge in [-0.3, -0.25) is 9.82 Å². The Morgan fingerprint density at radius 2 is 2.12 bits per heavy atom. The average Bonchev–Trinajstić information content (AvgIpc) is 2.45. The largest absolute Gasteiger partial charge is 0.326 e. The molecule has 0 aliphatic heterocycles. The van der Waals surface area contributed by atoms with Crippen molar-refractivity contribution in [3.05, 3.63) is 11.8 Å². The third-order valence-electron chi connectivity index (χ3n) is 1.82. The lowest BCUT2D eigenvalue weighted by Crippen LogP contribution is -2.26. The van der Waals surface area contributed by atoms with Gasteiger partial charge in [-0.2, -0.15) is 5.10 Å². The van der Waals surface area contributed by atoms with Crippen LogP contribution in [0, 0.1) is 5.41 Å². The van der Waals surface area contributed by atoms with Gasteiger partial charge in [-0.15, -0.1) is 0 Å². The standard InChI is InChI=1S/C9H18N4O2S/c1-9(2,3)6-16(14,15)13-8-7(4-10)5-11-12-8/h5H,4,6,10H2,1-3H3,(H2,11,12,13). The first kappa shape index (κ1) is 13.0. The van der Waals surface area contributed by atoms with E-state index in [0.717, 1.165) is 0 Å². The van der Waals surface area contributed by atoms with Crippen LogP contribution in [0.2, 0.25) is 0 Å². The van der Waals surface area contributed by atoms with E-state index >= 15 is 0 Å². The van der Waals surface area contributed by atoms with Crippen molar-refractivity contribution in [3.8, 4) is 0 Å². The Balaban J connectivity index is 2.81. The zero-order valence-electron chi connectivity index (χ0n) is 9.74. The van der Waals surface area contributed by atoms with Gasteiger partial charge < -0.3 is 5.73 Å². The first-order chi connectivity index (χ1) is 7.23. The summed E-state index contributed by atoms with van der Waals surface area (Å²) in [6.45, 7) is 5.83. The van der Waals surface area contributed by atoms with Gasteiger partial charge in [0.2, 0.25) is 10.0 Å². The summed E-state index contributed by atoms with van der Waals surface area (Å²) in [5.41, 5.74) is 5.80. The summed E-state index contributed by atoms with van der Waals surface area (Å²) in [6.07, 6.45) is 1.51. The fourth-order valence-corrected chi connectivity index (χ4v) is 3.02. The molecule has 0 radical (unpaired) electrons. The van der Waals surface area contributed by atoms with Gasteiger partial charge in [-0.05, 0) is 5.41 Å². The van der Waals surface area contributed by atoms with Crippen molar-refractivity contribution in [2.24, 2.45) is 11.1 Å². The number of hydrogen-bond donors (Lipinski definition) is 3. The van der Waals surface area contributed by atoms with Crippen molar-refractivity contribution in [2.45, 2.75) is 27.3 Å². The molecule has 6 nitrogen and oxygen atoms in total. The van der Waals surface area contributed by atoms with Gasteiger partial charge in [0.1, 0.15) is 5.82 Å². The Morgan fingerprint density at radius 3 is 2.62 bits per heavy atom. The second kappa shape index (κ2) is 4.42. The van der Waals surface area contributed by atoms with Gasteiger partial charge in [0.25, 0.3) is 0 Å². The number of rotatable bonds is 4. The van der Waals surface area contributed by atoms with Gasteiger partial charge in [-0.25, -0.2) is 8.42 Å². The topological polar surface area (TPSA) is 101 Å². The molecule has 16 heavy (non-hydrogen) atoms. The Morgan fingerprint density at radius 1 is 1.50 bits per heavy atom. The normalized spacial score (nSPS) is 12.8. The molecule has 0 amide bonds. The maximum atomic E-state index is 11.8. The predicted molar refractivity (Wildman–Crippen MR) is 63.3 cm³/mol. The predicted octanol–water partition coefficient (Wildman–Crippen LogP) is 0.656. The van der Waals surface area contributed by atoms with Gasteiger partial charge in [0.15, 0.2) is 0 Å². The molecule has 0 fully saturated rings. The van der Waals surface area contributed by atoms with Crippen molar-refractivity contribution in [1.82, 2.24) is 10.2 Å². The van der Waals surface area contributed by atoms with E-state index in [0.29, 0.717) is 11.4 Å². The van der Waals surface area contributed by atoms with Crippen LogP contribution in [0.3, 0.4) is 0 Å². The maximum absolute atomic E-state index is 11.8. The summed E-state index contributed by atoms with van der Waals surface area (Å²) >= 11 is 0. The van der Waals surface area contributed by atoms with Crippen molar-refractivity contribution < 1.29 is 8.42 Å². The molecule has 1 aromatic rings. The molecule has 0 aliphatic rings. The molecule has 92 valence electrons. The van der Waals surface area contributed by atoms with Crippen molar-refractivity contribution in [2.75, 3.05) is 10.5 Å². The first-order valence-corrected chi connectivity index (χ1v) is 6.61. The maximum Gasteiger partial charge on any atom is 0.234 e. The summed E-state index contributed by atoms with van der Waals surface area (Å²) < 4.78 is 26.0. The van der Waals surface area contributed by atoms with Crippen molar-refractivity contribution >= 4 is 15.8 Å². The van der Waals surface area contributed by atoms with Gasteiger partial charge in [-0.1, -0.05) is 20.8 Å². The molecule has 1 rings (SSSR count). The Bertz CT molecular complexity index is 444. The zero-order chi connectivity index (χ0) is 12.4. The highest BCUT2D eigenvalue weighted by molar-refractivity contribution is 7.92. The summed E-state index contributed by atoms with van der Waals surface area (Å²) in [5.74, 6) is 0.398. The lowest BCUT2D eigenvalue weighted by atomic mass is 10.0. The van der Waals surface area contributed by atoms with Crippen LogP contribution >= 0.6 is 0 Å². The number of nitrogens with one attached hydrogen (secondary N) is 2. The van der Waals surface area contributed by atoms with Crippen LogP contribution in [-0.4, -0.2) is 24.4 Å². The van der Waals surface area contributed by atoms with Crippen LogP contribution in [0.25, 0.3) is 0 Å². The third-order valence-corrected chi connectivity index (χ3v) is 3.58. The molecule has 0 bridgehead atoms. The van der Waals surface area contributed by atoms with Crippen LogP contribution in [0.1, 0.15) is 26.3 Å². The number of H-pyrrole nitrogens is 1. The molecule has 0 saturated heterocycles. The van der Waals surface area contributed by atoms with E-state index in [-0.39, 0.29) is 17.7 Å². The average molecular weight is 246 g/mol. The lowest BCUT2D eigenvalue weighted by Gasteiger charge is -2.18. The minimum absolute atomic E-state index is 0.0447. The molecule has 1 aromatic heterocycles. The summed E-state index contributed by atoms with van der Waals surface area (Å²) in [5, 5.41) is 6.32. The molecule has 0 atom stereocenters. The third kappa shape index (κ3) is 3.82. The van der Waals surface area contributed by atoms with Crippen LogP contribution in [-0.2, 0) is 16.6 Å². The Labute approximate surface area is 95.7 Å². The molecule has 7 heteroatoms. The minimum atomic E-state index is -3.37. The summed E-state index contributed by atoms with van der Waals surface area (Å²) in [7, 11) is -3.37. The van der Waals surface area contributed by atoms with Crippen LogP contribution in [0.15, 0.2) is 6.20 Å². The van der Waals surface area contributed by atoms with Crippen molar-refractivity contribution in [3.63, 3.8) is 0 Å². The SMILES string of the molecule is CC(C)(C)CS(=O)(=O)Nc1[nH]ncc1CN. The van der Waals surface area contributed by atoms with E-state index in [1.807, 2.05) is 20.8 Å². The van der Waals surface area contributed by atoms with Gasteiger partial charge >= 0.3 is 0 Å². The molecular formula is C9H18N4O2S. The number of aromatic nitrogens is 2. The van der Waals surface area contributed by atoms with Crippen LogP contribution in [0.4, 0.5) is 5.82 Å². The van der Waals surface area contributed by atoms with Crippen LogP contribution < -0.4 is 10.5 Å². The quantitative estimate of drug-likeness (QED) is 0.726. The lowest BCUT2D eigenvalue weighted by molar-refractivity contribution is 0.463. The minimum Gasteiger partial charge on any atom is -0.326 e. The highest BCUT2D eigenvalue weighted by Crippen LogP contribution is 2.19. The van der Waals surface area contributed by atoms with Gasteiger partial charge in [0, 0.05) is 12.1 Å². The molecule has 0 aromatic carbocycles. The fourth-order valence-electron chi connectivity index (χ4n) is 1.32. The second-order valence-electron chi connectivity index (χ2n) is 4.90. The highest BCUT2D eigenvalue weighted by Gasteiger charge is 2.22. The Kier molecular flexibility index (Phi) is 3.59. The molecular weight excluding hydrogens is 228 g/mol. The van der Waals surface area contributed by atoms with Crippen molar-refractivity contribution in [1.29, 1.82) is 0 Å². The summed E-state index contributed by atoms with van der Waals surface area (Å²) in [6, 6.07) is 0. The summed E-state index contributed by atoms with van der Waals surface area (Å²) in [4.78, 5) is 0. The van der Waals surface area contributed by atoms with Gasteiger partial charge in [0.05, 0.1) is 11.9 Å². The fraction of sp³-hybridized carbons (Fsp3) is 0.667. The van der Waals surface area contributed by atoms with E-state index in [2.05, 4.69) is 14.9 Å². The second-order valence-corrected chi connectivity index (χ2v) is 6.62. The van der Waals surface area contributed by atoms with E-state index in [1.54, 1.807) is 0 Å². The first-order valence-electron chi connectivity index (χ1n) is 4.96. The van der Waals surface area contributed by atoms with Crippen LogP contribution in [0.5, 0.6) is 0 Å². The number of hydrogen-bond acceptors (Lipinski definition) is 4. The number of nitrogens with zero attached hydrogens (tertiary/aromatic N) is 1. The molecule has 1 heterocycles. The molecule has 0 saturated carbocycles. The highest BCUT2D eigenvalue weighted by atomic mass is 32.2. The Hall–Kier alpha value is -1.08. The number of nitrogens with two attached hydrogens (primary N) is 1. The smallest absolute Gasteiger partial charge is 0.234 e. The molecule has 0 unspecified atom stereocenters. The van der Waals surface area contributed by atoms with E-state index in [1.165, 1.54) is 6.20 Å². The molecule has 4 N–H and O–H groups in total. The van der Waals surface area contributed by atoms with E-state index in [9.17, 15) is 8.42 Å². The number of anilines is 1. The monoisotopic (exact) mass is 246 g/mol. The number of sulfonamides is 1.